The van der Waals surface area contributed by atoms with Crippen LogP contribution in [0.3, 0.4) is 0 Å². The lowest BCUT2D eigenvalue weighted by Crippen LogP contribution is -2.46. The Kier molecular flexibility index (Phi) is 8.11. The first-order chi connectivity index (χ1) is 18.8. The maximum atomic E-state index is 13.4. The lowest BCUT2D eigenvalue weighted by atomic mass is 10.0. The van der Waals surface area contributed by atoms with Gasteiger partial charge in [0.15, 0.2) is 0 Å². The number of aliphatic hydroxyl groups excluding tert-OH is 1. The first-order valence-electron chi connectivity index (χ1n) is 13.1. The molecule has 10 heteroatoms. The summed E-state index contributed by atoms with van der Waals surface area (Å²) < 4.78 is 5.43. The highest BCUT2D eigenvalue weighted by atomic mass is 35.5. The number of hydrogen-bond donors (Lipinski definition) is 3. The number of halogens is 1. The van der Waals surface area contributed by atoms with E-state index in [-0.39, 0.29) is 31.0 Å². The number of benzene rings is 1. The normalized spacial score (nSPS) is 17.0. The van der Waals surface area contributed by atoms with Crippen molar-refractivity contribution < 1.29 is 19.4 Å². The highest BCUT2D eigenvalue weighted by Crippen LogP contribution is 2.32. The fraction of sp³-hybridized carbons (Fsp3) is 0.379. The fourth-order valence-corrected chi connectivity index (χ4v) is 5.18. The molecule has 2 amide bonds. The number of fused-ring (bicyclic) bond motifs is 1. The first kappa shape index (κ1) is 27.1. The average Bonchev–Trinajstić information content (AvgIpc) is 3.28. The molecule has 0 spiro atoms. The van der Waals surface area contributed by atoms with Crippen molar-refractivity contribution in [2.24, 2.45) is 0 Å². The van der Waals surface area contributed by atoms with E-state index in [4.69, 9.17) is 16.3 Å². The highest BCUT2D eigenvalue weighted by Gasteiger charge is 2.36. The van der Waals surface area contributed by atoms with Crippen molar-refractivity contribution in [2.75, 3.05) is 25.1 Å². The summed E-state index contributed by atoms with van der Waals surface area (Å²) in [7, 11) is 0. The summed E-state index contributed by atoms with van der Waals surface area (Å²) in [5, 5.41) is 16.6. The lowest BCUT2D eigenvalue weighted by molar-refractivity contribution is -0.126. The van der Waals surface area contributed by atoms with E-state index in [1.807, 2.05) is 49.4 Å². The molecule has 3 aromatic rings. The molecular formula is C29H32ClN5O4. The number of nitrogens with zero attached hydrogens (tertiary/aromatic N) is 3. The van der Waals surface area contributed by atoms with E-state index in [0.29, 0.717) is 41.0 Å². The summed E-state index contributed by atoms with van der Waals surface area (Å²) >= 11 is 6.48. The topological polar surface area (TPSA) is 117 Å². The maximum absolute atomic E-state index is 13.4. The molecule has 1 aromatic carbocycles. The monoisotopic (exact) mass is 549 g/mol. The maximum Gasteiger partial charge on any atom is 0.273 e. The number of nitrogens with one attached hydrogen (secondary N) is 2. The van der Waals surface area contributed by atoms with Gasteiger partial charge in [0.05, 0.1) is 23.4 Å². The first-order valence-corrected chi connectivity index (χ1v) is 13.5. The Labute approximate surface area is 232 Å². The summed E-state index contributed by atoms with van der Waals surface area (Å²) in [4.78, 5) is 37.0. The zero-order chi connectivity index (χ0) is 27.5. The third-order valence-electron chi connectivity index (χ3n) is 7.28. The third-order valence-corrected chi connectivity index (χ3v) is 7.58. The number of pyridine rings is 2. The van der Waals surface area contributed by atoms with Crippen LogP contribution < -0.4 is 10.6 Å². The van der Waals surface area contributed by atoms with Crippen molar-refractivity contribution in [2.45, 2.75) is 51.4 Å². The van der Waals surface area contributed by atoms with Crippen LogP contribution in [0.25, 0.3) is 11.3 Å². The molecular weight excluding hydrogens is 518 g/mol. The fourth-order valence-electron chi connectivity index (χ4n) is 4.97. The van der Waals surface area contributed by atoms with Crippen LogP contribution in [0.5, 0.6) is 0 Å². The number of hydrogen-bond acceptors (Lipinski definition) is 7. The molecule has 0 radical (unpaired) electrons. The molecule has 2 atom stereocenters. The van der Waals surface area contributed by atoms with E-state index in [0.717, 1.165) is 29.5 Å². The number of carbonyl (C=O) groups is 2. The summed E-state index contributed by atoms with van der Waals surface area (Å²) in [6, 6.07) is 12.1. The zero-order valence-corrected chi connectivity index (χ0v) is 22.7. The molecule has 0 unspecified atom stereocenters. The second kappa shape index (κ2) is 11.7. The molecule has 204 valence electrons. The molecule has 39 heavy (non-hydrogen) atoms. The van der Waals surface area contributed by atoms with Crippen LogP contribution in [0.1, 0.15) is 53.0 Å². The minimum absolute atomic E-state index is 0.251. The van der Waals surface area contributed by atoms with Crippen molar-refractivity contribution in [3.05, 3.63) is 76.1 Å². The van der Waals surface area contributed by atoms with Gasteiger partial charge in [-0.2, -0.15) is 0 Å². The van der Waals surface area contributed by atoms with E-state index in [9.17, 15) is 14.7 Å². The summed E-state index contributed by atoms with van der Waals surface area (Å²) in [5.41, 5.74) is 4.11. The number of aromatic nitrogens is 2. The highest BCUT2D eigenvalue weighted by molar-refractivity contribution is 6.33. The van der Waals surface area contributed by atoms with Gasteiger partial charge < -0.3 is 25.4 Å². The van der Waals surface area contributed by atoms with Crippen LogP contribution in [0, 0.1) is 6.92 Å². The molecule has 1 fully saturated rings. The van der Waals surface area contributed by atoms with Crippen LogP contribution in [0.4, 0.5) is 5.82 Å². The molecule has 3 N–H and O–H groups in total. The molecule has 1 saturated heterocycles. The van der Waals surface area contributed by atoms with Crippen molar-refractivity contribution >= 4 is 29.2 Å². The zero-order valence-electron chi connectivity index (χ0n) is 22.0. The minimum atomic E-state index is -0.756. The van der Waals surface area contributed by atoms with E-state index in [1.54, 1.807) is 13.1 Å². The Morgan fingerprint density at radius 3 is 2.77 bits per heavy atom. The van der Waals surface area contributed by atoms with Crippen LogP contribution in [-0.4, -0.2) is 63.7 Å². The molecule has 0 saturated carbocycles. The number of ether oxygens (including phenoxy) is 1. The molecule has 0 bridgehead atoms. The van der Waals surface area contributed by atoms with Crippen LogP contribution in [0.2, 0.25) is 5.02 Å². The second-order valence-corrected chi connectivity index (χ2v) is 10.5. The Hall–Kier alpha value is -3.53. The average molecular weight is 550 g/mol. The SMILES string of the molecule is Cc1cccc([C@@H](CO)NC(=O)[C@@H](C)N2Cc3ccc(-c4cc(NC5CCOCC5)ncc4Cl)nc3C2=O)c1. The van der Waals surface area contributed by atoms with E-state index in [1.165, 1.54) is 4.90 Å². The van der Waals surface area contributed by atoms with Gasteiger partial charge in [0.25, 0.3) is 5.91 Å². The third kappa shape index (κ3) is 5.90. The Bertz CT molecular complexity index is 1380. The van der Waals surface area contributed by atoms with Gasteiger partial charge in [0.2, 0.25) is 5.91 Å². The number of amides is 2. The van der Waals surface area contributed by atoms with E-state index < -0.39 is 12.1 Å². The predicted octanol–water partition coefficient (Wildman–Crippen LogP) is 3.89. The molecule has 9 nitrogen and oxygen atoms in total. The van der Waals surface area contributed by atoms with Gasteiger partial charge in [-0.3, -0.25) is 9.59 Å². The quantitative estimate of drug-likeness (QED) is 0.390. The van der Waals surface area contributed by atoms with Crippen LogP contribution >= 0.6 is 11.6 Å². The van der Waals surface area contributed by atoms with Crippen LogP contribution in [-0.2, 0) is 16.1 Å². The number of carbonyl (C=O) groups excluding carboxylic acids is 2. The lowest BCUT2D eigenvalue weighted by Gasteiger charge is -2.26. The Morgan fingerprint density at radius 1 is 1.23 bits per heavy atom. The van der Waals surface area contributed by atoms with Gasteiger partial charge in [-0.15, -0.1) is 0 Å². The molecule has 2 aromatic heterocycles. The summed E-state index contributed by atoms with van der Waals surface area (Å²) in [6.07, 6.45) is 3.38. The van der Waals surface area contributed by atoms with Gasteiger partial charge in [-0.25, -0.2) is 9.97 Å². The van der Waals surface area contributed by atoms with Crippen molar-refractivity contribution in [3.8, 4) is 11.3 Å². The van der Waals surface area contributed by atoms with Crippen molar-refractivity contribution in [1.29, 1.82) is 0 Å². The van der Waals surface area contributed by atoms with Gasteiger partial charge in [-0.05, 0) is 44.4 Å². The van der Waals surface area contributed by atoms with E-state index >= 15 is 0 Å². The number of rotatable bonds is 8. The second-order valence-electron chi connectivity index (χ2n) is 10.1. The van der Waals surface area contributed by atoms with Crippen molar-refractivity contribution in [1.82, 2.24) is 20.2 Å². The predicted molar refractivity (Wildman–Crippen MR) is 148 cm³/mol. The van der Waals surface area contributed by atoms with Gasteiger partial charge in [0.1, 0.15) is 17.6 Å². The molecule has 2 aliphatic heterocycles. The Balaban J connectivity index is 1.31. The number of anilines is 1. The summed E-state index contributed by atoms with van der Waals surface area (Å²) in [6.45, 7) is 5.08. The number of aryl methyl sites for hydroxylation is 1. The van der Waals surface area contributed by atoms with Crippen molar-refractivity contribution in [3.63, 3.8) is 0 Å². The van der Waals surface area contributed by atoms with E-state index in [2.05, 4.69) is 20.6 Å². The van der Waals surface area contributed by atoms with Crippen LogP contribution in [0.15, 0.2) is 48.7 Å². The number of aliphatic hydroxyl groups is 1. The molecule has 5 rings (SSSR count). The molecule has 0 aliphatic carbocycles. The minimum Gasteiger partial charge on any atom is -0.394 e. The molecule has 2 aliphatic rings. The Morgan fingerprint density at radius 2 is 2.03 bits per heavy atom. The summed E-state index contributed by atoms with van der Waals surface area (Å²) in [5.74, 6) is 0.0168. The smallest absolute Gasteiger partial charge is 0.273 e. The standard InChI is InChI=1S/C29H32ClN5O4/c1-17-4-3-5-19(12-17)25(16-36)34-28(37)18(2)35-15-20-6-7-24(33-27(20)29(35)38)22-13-26(31-14-23(22)30)32-21-8-10-39-11-9-21/h3-7,12-14,18,21,25,36H,8-11,15-16H2,1-2H3,(H,31,32)(H,34,37)/t18-,25-/m1/s1. The largest absolute Gasteiger partial charge is 0.394 e. The molecule has 4 heterocycles. The van der Waals surface area contributed by atoms with Gasteiger partial charge in [0, 0.05) is 43.1 Å². The van der Waals surface area contributed by atoms with Gasteiger partial charge >= 0.3 is 0 Å². The van der Waals surface area contributed by atoms with Gasteiger partial charge in [-0.1, -0.05) is 47.5 Å².